The number of para-hydroxylation sites is 1. The number of carbonyl (C=O) groups excluding carboxylic acids is 1. The van der Waals surface area contributed by atoms with Crippen molar-refractivity contribution in [2.24, 2.45) is 0 Å². The molecule has 2 heterocycles. The summed E-state index contributed by atoms with van der Waals surface area (Å²) >= 11 is 0. The Morgan fingerprint density at radius 3 is 2.74 bits per heavy atom. The van der Waals surface area contributed by atoms with Crippen LogP contribution in [-0.4, -0.2) is 40.0 Å². The zero-order valence-corrected chi connectivity index (χ0v) is 14.8. The Labute approximate surface area is 156 Å². The molecule has 1 amide bonds. The monoisotopic (exact) mass is 364 g/mol. The second kappa shape index (κ2) is 7.15. The van der Waals surface area contributed by atoms with E-state index in [9.17, 15) is 14.7 Å². The summed E-state index contributed by atoms with van der Waals surface area (Å²) in [5, 5.41) is 10.1. The summed E-state index contributed by atoms with van der Waals surface area (Å²) < 4.78 is 5.62. The van der Waals surface area contributed by atoms with Gasteiger partial charge in [-0.15, -0.1) is 0 Å². The molecule has 138 valence electrons. The van der Waals surface area contributed by atoms with Gasteiger partial charge >= 0.3 is 5.97 Å². The Morgan fingerprint density at radius 1 is 1.15 bits per heavy atom. The number of H-pyrrole nitrogens is 1. The standard InChI is InChI=1S/C21H20N2O4/c24-20(9-11-27-15-4-2-1-3-5-15)23-10-8-19-17(13-23)16-12-14(21(25)26)6-7-18(16)22-19/h1-7,12,22H,8-11,13H2,(H,25,26). The third kappa shape index (κ3) is 3.51. The highest BCUT2D eigenvalue weighted by atomic mass is 16.5. The van der Waals surface area contributed by atoms with E-state index >= 15 is 0 Å². The average Bonchev–Trinajstić information content (AvgIpc) is 3.05. The molecule has 1 aliphatic heterocycles. The molecule has 0 saturated heterocycles. The second-order valence-electron chi connectivity index (χ2n) is 6.62. The number of aromatic nitrogens is 1. The van der Waals surface area contributed by atoms with Crippen molar-refractivity contribution in [1.82, 2.24) is 9.88 Å². The largest absolute Gasteiger partial charge is 0.493 e. The van der Waals surface area contributed by atoms with Gasteiger partial charge in [0.15, 0.2) is 0 Å². The molecule has 0 spiro atoms. The summed E-state index contributed by atoms with van der Waals surface area (Å²) in [7, 11) is 0. The normalized spacial score (nSPS) is 13.4. The summed E-state index contributed by atoms with van der Waals surface area (Å²) in [6.07, 6.45) is 1.05. The Morgan fingerprint density at radius 2 is 1.96 bits per heavy atom. The highest BCUT2D eigenvalue weighted by molar-refractivity contribution is 5.95. The van der Waals surface area contributed by atoms with Gasteiger partial charge in [0.2, 0.25) is 5.91 Å². The maximum Gasteiger partial charge on any atom is 0.335 e. The average molecular weight is 364 g/mol. The number of carboxylic acid groups (broad SMARTS) is 1. The highest BCUT2D eigenvalue weighted by Gasteiger charge is 2.24. The van der Waals surface area contributed by atoms with Gasteiger partial charge < -0.3 is 19.7 Å². The summed E-state index contributed by atoms with van der Waals surface area (Å²) in [5.41, 5.74) is 3.25. The SMILES string of the molecule is O=C(O)c1ccc2[nH]c3c(c2c1)CN(C(=O)CCOc1ccccc1)CC3. The lowest BCUT2D eigenvalue weighted by atomic mass is 10.0. The number of nitrogens with zero attached hydrogens (tertiary/aromatic N) is 1. The van der Waals surface area contributed by atoms with Gasteiger partial charge in [-0.3, -0.25) is 4.79 Å². The molecule has 0 aliphatic carbocycles. The molecule has 4 rings (SSSR count). The molecule has 0 bridgehead atoms. The lowest BCUT2D eigenvalue weighted by Crippen LogP contribution is -2.36. The van der Waals surface area contributed by atoms with Crippen LogP contribution in [0, 0.1) is 0 Å². The van der Waals surface area contributed by atoms with Gasteiger partial charge in [-0.25, -0.2) is 4.79 Å². The Balaban J connectivity index is 1.45. The maximum atomic E-state index is 12.6. The number of nitrogens with one attached hydrogen (secondary N) is 1. The molecule has 27 heavy (non-hydrogen) atoms. The third-order valence-electron chi connectivity index (χ3n) is 4.90. The molecule has 0 atom stereocenters. The number of hydrogen-bond donors (Lipinski definition) is 2. The minimum atomic E-state index is -0.950. The van der Waals surface area contributed by atoms with Gasteiger partial charge in [-0.1, -0.05) is 18.2 Å². The van der Waals surface area contributed by atoms with Gasteiger partial charge in [-0.2, -0.15) is 0 Å². The fourth-order valence-corrected chi connectivity index (χ4v) is 3.49. The number of aromatic amines is 1. The van der Waals surface area contributed by atoms with E-state index in [0.29, 0.717) is 26.1 Å². The number of carboxylic acids is 1. The zero-order chi connectivity index (χ0) is 18.8. The van der Waals surface area contributed by atoms with Crippen LogP contribution in [0.1, 0.15) is 28.0 Å². The summed E-state index contributed by atoms with van der Waals surface area (Å²) in [4.78, 5) is 29.0. The van der Waals surface area contributed by atoms with Crippen LogP contribution in [0.25, 0.3) is 10.9 Å². The molecule has 2 N–H and O–H groups in total. The summed E-state index contributed by atoms with van der Waals surface area (Å²) in [6.45, 7) is 1.47. The number of fused-ring (bicyclic) bond motifs is 3. The van der Waals surface area contributed by atoms with Crippen molar-refractivity contribution in [2.75, 3.05) is 13.2 Å². The van der Waals surface area contributed by atoms with Gasteiger partial charge in [0.25, 0.3) is 0 Å². The van der Waals surface area contributed by atoms with Crippen LogP contribution >= 0.6 is 0 Å². The molecule has 1 aliphatic rings. The van der Waals surface area contributed by atoms with Gasteiger partial charge in [0, 0.05) is 41.7 Å². The molecule has 0 saturated carbocycles. The Kier molecular flexibility index (Phi) is 4.54. The number of ether oxygens (including phenoxy) is 1. The molecule has 3 aromatic rings. The lowest BCUT2D eigenvalue weighted by molar-refractivity contribution is -0.132. The van der Waals surface area contributed by atoms with Crippen molar-refractivity contribution >= 4 is 22.8 Å². The van der Waals surface area contributed by atoms with Crippen LogP contribution in [0.15, 0.2) is 48.5 Å². The van der Waals surface area contributed by atoms with Crippen LogP contribution in [0.4, 0.5) is 0 Å². The smallest absolute Gasteiger partial charge is 0.335 e. The molecular weight excluding hydrogens is 344 g/mol. The van der Waals surface area contributed by atoms with E-state index in [-0.39, 0.29) is 11.5 Å². The van der Waals surface area contributed by atoms with Crippen LogP contribution in [0.2, 0.25) is 0 Å². The van der Waals surface area contributed by atoms with E-state index < -0.39 is 5.97 Å². The molecule has 2 aromatic carbocycles. The summed E-state index contributed by atoms with van der Waals surface area (Å²) in [5.74, 6) is -0.155. The quantitative estimate of drug-likeness (QED) is 0.728. The maximum absolute atomic E-state index is 12.6. The van der Waals surface area contributed by atoms with E-state index in [2.05, 4.69) is 4.98 Å². The number of carbonyl (C=O) groups is 2. The van der Waals surface area contributed by atoms with E-state index in [1.807, 2.05) is 35.2 Å². The summed E-state index contributed by atoms with van der Waals surface area (Å²) in [6, 6.07) is 14.5. The van der Waals surface area contributed by atoms with Crippen LogP contribution < -0.4 is 4.74 Å². The fraction of sp³-hybridized carbons (Fsp3) is 0.238. The lowest BCUT2D eigenvalue weighted by Gasteiger charge is -2.27. The number of hydrogen-bond acceptors (Lipinski definition) is 3. The van der Waals surface area contributed by atoms with Crippen molar-refractivity contribution in [3.05, 3.63) is 65.4 Å². The van der Waals surface area contributed by atoms with E-state index in [0.717, 1.165) is 34.3 Å². The highest BCUT2D eigenvalue weighted by Crippen LogP contribution is 2.29. The molecule has 0 radical (unpaired) electrons. The fourth-order valence-electron chi connectivity index (χ4n) is 3.49. The predicted molar refractivity (Wildman–Crippen MR) is 101 cm³/mol. The molecule has 1 aromatic heterocycles. The first-order valence-corrected chi connectivity index (χ1v) is 8.94. The molecule has 0 unspecified atom stereocenters. The molecule has 6 heteroatoms. The van der Waals surface area contributed by atoms with Crippen LogP contribution in [0.5, 0.6) is 5.75 Å². The Hall–Kier alpha value is -3.28. The predicted octanol–water partition coefficient (Wildman–Crippen LogP) is 3.22. The molecule has 0 fully saturated rings. The van der Waals surface area contributed by atoms with Crippen molar-refractivity contribution in [3.8, 4) is 5.75 Å². The second-order valence-corrected chi connectivity index (χ2v) is 6.62. The zero-order valence-electron chi connectivity index (χ0n) is 14.8. The van der Waals surface area contributed by atoms with Crippen molar-refractivity contribution in [3.63, 3.8) is 0 Å². The number of aromatic carboxylic acids is 1. The minimum Gasteiger partial charge on any atom is -0.493 e. The van der Waals surface area contributed by atoms with Crippen molar-refractivity contribution in [1.29, 1.82) is 0 Å². The van der Waals surface area contributed by atoms with Crippen molar-refractivity contribution < 1.29 is 19.4 Å². The first-order chi connectivity index (χ1) is 13.1. The molecular formula is C21H20N2O4. The number of rotatable bonds is 5. The van der Waals surface area contributed by atoms with E-state index in [1.54, 1.807) is 18.2 Å². The van der Waals surface area contributed by atoms with Crippen molar-refractivity contribution in [2.45, 2.75) is 19.4 Å². The van der Waals surface area contributed by atoms with E-state index in [1.165, 1.54) is 0 Å². The third-order valence-corrected chi connectivity index (χ3v) is 4.90. The van der Waals surface area contributed by atoms with Crippen LogP contribution in [-0.2, 0) is 17.8 Å². The minimum absolute atomic E-state index is 0.0420. The number of amides is 1. The molecule has 6 nitrogen and oxygen atoms in total. The first kappa shape index (κ1) is 17.1. The first-order valence-electron chi connectivity index (χ1n) is 8.94. The van der Waals surface area contributed by atoms with Gasteiger partial charge in [0.1, 0.15) is 5.75 Å². The van der Waals surface area contributed by atoms with Gasteiger partial charge in [0.05, 0.1) is 18.6 Å². The van der Waals surface area contributed by atoms with Gasteiger partial charge in [-0.05, 0) is 30.3 Å². The Bertz CT molecular complexity index is 994. The van der Waals surface area contributed by atoms with Crippen LogP contribution in [0.3, 0.4) is 0 Å². The topological polar surface area (TPSA) is 82.6 Å². The number of benzene rings is 2. The van der Waals surface area contributed by atoms with E-state index in [4.69, 9.17) is 4.74 Å².